The van der Waals surface area contributed by atoms with E-state index >= 15 is 0 Å². The van der Waals surface area contributed by atoms with Crippen LogP contribution in [0.5, 0.6) is 5.75 Å². The first kappa shape index (κ1) is 16.7. The van der Waals surface area contributed by atoms with Gasteiger partial charge in [0, 0.05) is 11.6 Å². The summed E-state index contributed by atoms with van der Waals surface area (Å²) >= 11 is 0. The molecule has 0 saturated carbocycles. The van der Waals surface area contributed by atoms with E-state index in [1.54, 1.807) is 14.0 Å². The Morgan fingerprint density at radius 2 is 1.75 bits per heavy atom. The van der Waals surface area contributed by atoms with E-state index in [1.807, 2.05) is 0 Å². The zero-order chi connectivity index (χ0) is 15.3. The zero-order valence-electron chi connectivity index (χ0n) is 11.3. The maximum absolute atomic E-state index is 13.3. The fraction of sp³-hybridized carbons (Fsp3) is 0.538. The average Bonchev–Trinajstić information content (AvgIpc) is 2.44. The maximum Gasteiger partial charge on any atom is 0.203 e. The summed E-state index contributed by atoms with van der Waals surface area (Å²) in [5.41, 5.74) is -0.548. The summed E-state index contributed by atoms with van der Waals surface area (Å²) in [6.07, 6.45) is 0.802. The van der Waals surface area contributed by atoms with Crippen LogP contribution in [0.2, 0.25) is 0 Å². The Balaban J connectivity index is 2.63. The molecule has 2 N–H and O–H groups in total. The summed E-state index contributed by atoms with van der Waals surface area (Å²) in [4.78, 5) is 0. The lowest BCUT2D eigenvalue weighted by molar-refractivity contribution is 0.161. The lowest BCUT2D eigenvalue weighted by Gasteiger charge is -2.26. The van der Waals surface area contributed by atoms with Crippen LogP contribution in [0, 0.1) is 23.3 Å². The van der Waals surface area contributed by atoms with Crippen LogP contribution in [0.15, 0.2) is 6.07 Å². The van der Waals surface area contributed by atoms with Gasteiger partial charge >= 0.3 is 0 Å². The third-order valence-electron chi connectivity index (χ3n) is 3.14. The molecular formula is C13H17F4NO2. The maximum atomic E-state index is 13.3. The topological polar surface area (TPSA) is 41.5 Å². The summed E-state index contributed by atoms with van der Waals surface area (Å²) in [6, 6.07) is 0.126. The number of rotatable bonds is 7. The Kier molecular flexibility index (Phi) is 5.76. The predicted octanol–water partition coefficient (Wildman–Crippen LogP) is 2.37. The first-order valence-electron chi connectivity index (χ1n) is 6.10. The van der Waals surface area contributed by atoms with Crippen LogP contribution in [0.1, 0.15) is 19.8 Å². The molecule has 20 heavy (non-hydrogen) atoms. The molecule has 0 aliphatic heterocycles. The van der Waals surface area contributed by atoms with Gasteiger partial charge in [0.25, 0.3) is 0 Å². The summed E-state index contributed by atoms with van der Waals surface area (Å²) in [7, 11) is 1.67. The summed E-state index contributed by atoms with van der Waals surface area (Å²) in [5.74, 6) is -7.17. The molecule has 0 spiro atoms. The van der Waals surface area contributed by atoms with Gasteiger partial charge in [0.1, 0.15) is 0 Å². The molecule has 1 rings (SSSR count). The van der Waals surface area contributed by atoms with E-state index in [-0.39, 0.29) is 19.3 Å². The fourth-order valence-corrected chi connectivity index (χ4v) is 1.60. The first-order chi connectivity index (χ1) is 9.34. The van der Waals surface area contributed by atoms with Crippen LogP contribution < -0.4 is 10.1 Å². The molecule has 0 heterocycles. The van der Waals surface area contributed by atoms with Gasteiger partial charge in [0.15, 0.2) is 17.4 Å². The lowest BCUT2D eigenvalue weighted by Crippen LogP contribution is -2.43. The van der Waals surface area contributed by atoms with Crippen molar-refractivity contribution in [3.05, 3.63) is 29.3 Å². The molecule has 0 saturated heterocycles. The minimum absolute atomic E-state index is 0.124. The van der Waals surface area contributed by atoms with Crippen LogP contribution in [0.3, 0.4) is 0 Å². The predicted molar refractivity (Wildman–Crippen MR) is 65.6 cm³/mol. The van der Waals surface area contributed by atoms with E-state index in [4.69, 9.17) is 9.84 Å². The van der Waals surface area contributed by atoms with Gasteiger partial charge < -0.3 is 15.2 Å². The monoisotopic (exact) mass is 295 g/mol. The highest BCUT2D eigenvalue weighted by Crippen LogP contribution is 2.26. The number of nitrogens with one attached hydrogen (secondary N) is 1. The molecule has 0 aliphatic carbocycles. The normalized spacial score (nSPS) is 14.2. The van der Waals surface area contributed by atoms with Gasteiger partial charge in [-0.15, -0.1) is 0 Å². The minimum Gasteiger partial charge on any atom is -0.487 e. The molecular weight excluding hydrogens is 278 g/mol. The molecule has 0 fully saturated rings. The van der Waals surface area contributed by atoms with Crippen molar-refractivity contribution >= 4 is 0 Å². The highest BCUT2D eigenvalue weighted by atomic mass is 19.2. The summed E-state index contributed by atoms with van der Waals surface area (Å²) in [5, 5.41) is 12.0. The Labute approximate surface area is 114 Å². The van der Waals surface area contributed by atoms with Crippen LogP contribution in [-0.2, 0) is 0 Å². The zero-order valence-corrected chi connectivity index (χ0v) is 11.3. The Hall–Kier alpha value is -1.34. The van der Waals surface area contributed by atoms with E-state index in [0.717, 1.165) is 0 Å². The molecule has 0 aliphatic rings. The quantitative estimate of drug-likeness (QED) is 0.461. The summed E-state index contributed by atoms with van der Waals surface area (Å²) < 4.78 is 57.2. The molecule has 1 aromatic carbocycles. The van der Waals surface area contributed by atoms with Crippen molar-refractivity contribution in [3.63, 3.8) is 0 Å². The third kappa shape index (κ3) is 3.83. The molecule has 3 nitrogen and oxygen atoms in total. The van der Waals surface area contributed by atoms with Crippen LogP contribution in [-0.4, -0.2) is 30.9 Å². The van der Waals surface area contributed by atoms with Crippen molar-refractivity contribution in [2.24, 2.45) is 0 Å². The number of likely N-dealkylation sites (N-methyl/N-ethyl adjacent to an activating group) is 1. The number of hydrogen-bond acceptors (Lipinski definition) is 3. The third-order valence-corrected chi connectivity index (χ3v) is 3.14. The van der Waals surface area contributed by atoms with E-state index in [1.165, 1.54) is 0 Å². The van der Waals surface area contributed by atoms with Crippen LogP contribution in [0.25, 0.3) is 0 Å². The van der Waals surface area contributed by atoms with Crippen molar-refractivity contribution in [3.8, 4) is 5.75 Å². The van der Waals surface area contributed by atoms with Crippen molar-refractivity contribution < 1.29 is 27.4 Å². The van der Waals surface area contributed by atoms with E-state index < -0.39 is 34.6 Å². The van der Waals surface area contributed by atoms with Crippen molar-refractivity contribution in [1.82, 2.24) is 5.32 Å². The largest absolute Gasteiger partial charge is 0.487 e. The van der Waals surface area contributed by atoms with Crippen molar-refractivity contribution in [2.75, 3.05) is 20.3 Å². The van der Waals surface area contributed by atoms with Crippen LogP contribution in [0.4, 0.5) is 17.6 Å². The number of benzene rings is 1. The molecule has 0 bridgehead atoms. The molecule has 1 aromatic rings. The lowest BCUT2D eigenvalue weighted by atomic mass is 9.97. The van der Waals surface area contributed by atoms with Gasteiger partial charge in [-0.3, -0.25) is 0 Å². The molecule has 114 valence electrons. The highest BCUT2D eigenvalue weighted by Gasteiger charge is 2.22. The molecule has 1 unspecified atom stereocenters. The average molecular weight is 295 g/mol. The molecule has 0 aromatic heterocycles. The van der Waals surface area contributed by atoms with Gasteiger partial charge in [0.2, 0.25) is 11.6 Å². The number of ether oxygens (including phenoxy) is 1. The molecule has 0 radical (unpaired) electrons. The minimum atomic E-state index is -1.55. The second kappa shape index (κ2) is 6.90. The molecule has 0 amide bonds. The second-order valence-corrected chi connectivity index (χ2v) is 4.72. The highest BCUT2D eigenvalue weighted by molar-refractivity contribution is 5.28. The number of halogens is 4. The Bertz CT molecular complexity index is 438. The standard InChI is InChI=1S/C13H17F4NO2/c1-13(7-19,18-2)4-3-5-20-12-10(16)8(14)6-9(15)11(12)17/h6,18-19H,3-5,7H2,1-2H3. The number of aliphatic hydroxyl groups is 1. The molecule has 7 heteroatoms. The second-order valence-electron chi connectivity index (χ2n) is 4.72. The Morgan fingerprint density at radius 3 is 2.20 bits per heavy atom. The van der Waals surface area contributed by atoms with Gasteiger partial charge in [-0.2, -0.15) is 8.78 Å². The van der Waals surface area contributed by atoms with E-state index in [2.05, 4.69) is 5.32 Å². The van der Waals surface area contributed by atoms with Gasteiger partial charge in [-0.1, -0.05) is 0 Å². The SMILES string of the molecule is CNC(C)(CO)CCCOc1c(F)c(F)cc(F)c1F. The molecule has 1 atom stereocenters. The van der Waals surface area contributed by atoms with E-state index in [9.17, 15) is 17.6 Å². The number of hydrogen-bond donors (Lipinski definition) is 2. The van der Waals surface area contributed by atoms with Gasteiger partial charge in [-0.05, 0) is 26.8 Å². The Morgan fingerprint density at radius 1 is 1.20 bits per heavy atom. The fourth-order valence-electron chi connectivity index (χ4n) is 1.60. The summed E-state index contributed by atoms with van der Waals surface area (Å²) in [6.45, 7) is 1.50. The van der Waals surface area contributed by atoms with Gasteiger partial charge in [0.05, 0.1) is 13.2 Å². The van der Waals surface area contributed by atoms with E-state index in [0.29, 0.717) is 12.8 Å². The smallest absolute Gasteiger partial charge is 0.203 e. The van der Waals surface area contributed by atoms with Crippen LogP contribution >= 0.6 is 0 Å². The van der Waals surface area contributed by atoms with Crippen molar-refractivity contribution in [1.29, 1.82) is 0 Å². The van der Waals surface area contributed by atoms with Gasteiger partial charge in [-0.25, -0.2) is 8.78 Å². The first-order valence-corrected chi connectivity index (χ1v) is 6.10. The van der Waals surface area contributed by atoms with Crippen molar-refractivity contribution in [2.45, 2.75) is 25.3 Å². The number of aliphatic hydroxyl groups excluding tert-OH is 1.